The molecule has 0 spiro atoms. The number of halogens is 2. The number of ether oxygens (including phenoxy) is 1. The van der Waals surface area contributed by atoms with Gasteiger partial charge in [-0.3, -0.25) is 9.69 Å². The molecule has 0 bridgehead atoms. The number of nitrogens with zero attached hydrogens (tertiary/aromatic N) is 2. The first-order chi connectivity index (χ1) is 12.7. The van der Waals surface area contributed by atoms with Gasteiger partial charge in [0.2, 0.25) is 0 Å². The zero-order valence-electron chi connectivity index (χ0n) is 16.0. The van der Waals surface area contributed by atoms with Gasteiger partial charge in [-0.15, -0.1) is 0 Å². The number of benzene rings is 1. The average Bonchev–Trinajstić information content (AvgIpc) is 3.42. The fourth-order valence-corrected chi connectivity index (χ4v) is 3.62. The quantitative estimate of drug-likeness (QED) is 0.726. The van der Waals surface area contributed by atoms with E-state index in [4.69, 9.17) is 27.9 Å². The first-order valence-electron chi connectivity index (χ1n) is 9.36. The van der Waals surface area contributed by atoms with E-state index in [1.54, 1.807) is 17.0 Å². The summed E-state index contributed by atoms with van der Waals surface area (Å²) in [5.74, 6) is 0.368. The van der Waals surface area contributed by atoms with Crippen molar-refractivity contribution in [2.75, 3.05) is 26.2 Å². The molecule has 1 aliphatic heterocycles. The molecule has 1 aromatic rings. The third kappa shape index (κ3) is 5.15. The normalized spacial score (nSPS) is 19.7. The summed E-state index contributed by atoms with van der Waals surface area (Å²) in [5, 5.41) is 0.933. The smallest absolute Gasteiger partial charge is 0.410 e. The van der Waals surface area contributed by atoms with Gasteiger partial charge < -0.3 is 9.64 Å². The van der Waals surface area contributed by atoms with E-state index in [0.717, 1.165) is 18.4 Å². The third-order valence-electron chi connectivity index (χ3n) is 4.84. The monoisotopic (exact) mass is 412 g/mol. The Bertz CT molecular complexity index is 720. The molecule has 2 aliphatic rings. The number of carbonyl (C=O) groups is 2. The lowest BCUT2D eigenvalue weighted by atomic mass is 9.97. The molecule has 1 aliphatic carbocycles. The van der Waals surface area contributed by atoms with Crippen molar-refractivity contribution in [3.05, 3.63) is 33.8 Å². The van der Waals surface area contributed by atoms with Crippen molar-refractivity contribution in [3.63, 3.8) is 0 Å². The maximum absolute atomic E-state index is 13.0. The highest BCUT2D eigenvalue weighted by molar-refractivity contribution is 6.42. The van der Waals surface area contributed by atoms with E-state index < -0.39 is 5.60 Å². The summed E-state index contributed by atoms with van der Waals surface area (Å²) in [6.07, 6.45) is 1.60. The van der Waals surface area contributed by atoms with E-state index in [1.807, 2.05) is 26.8 Å². The molecule has 2 fully saturated rings. The van der Waals surface area contributed by atoms with Crippen LogP contribution in [-0.4, -0.2) is 53.5 Å². The summed E-state index contributed by atoms with van der Waals surface area (Å²) in [5.41, 5.74) is 0.352. The molecule has 3 rings (SSSR count). The van der Waals surface area contributed by atoms with Crippen molar-refractivity contribution in [1.82, 2.24) is 9.80 Å². The van der Waals surface area contributed by atoms with E-state index in [-0.39, 0.29) is 23.8 Å². The van der Waals surface area contributed by atoms with Crippen molar-refractivity contribution in [2.24, 2.45) is 5.92 Å². The number of ketones is 1. The second-order valence-electron chi connectivity index (χ2n) is 8.26. The van der Waals surface area contributed by atoms with Crippen LogP contribution in [-0.2, 0) is 9.53 Å². The molecule has 1 aromatic carbocycles. The number of carbonyl (C=O) groups excluding carboxylic acids is 2. The van der Waals surface area contributed by atoms with Crippen LogP contribution in [0.1, 0.15) is 45.2 Å². The van der Waals surface area contributed by atoms with Crippen LogP contribution in [0, 0.1) is 5.92 Å². The van der Waals surface area contributed by atoms with Crippen molar-refractivity contribution in [1.29, 1.82) is 0 Å². The van der Waals surface area contributed by atoms with Crippen LogP contribution in [0.25, 0.3) is 0 Å². The zero-order chi connectivity index (χ0) is 19.8. The number of hydrogen-bond donors (Lipinski definition) is 0. The minimum absolute atomic E-state index is 0.133. The van der Waals surface area contributed by atoms with Crippen molar-refractivity contribution in [2.45, 2.75) is 45.3 Å². The van der Waals surface area contributed by atoms with Crippen LogP contribution < -0.4 is 0 Å². The van der Waals surface area contributed by atoms with Gasteiger partial charge >= 0.3 is 6.09 Å². The number of Topliss-reactive ketones (excluding diaryl/α,β-unsaturated/α-hetero) is 1. The Morgan fingerprint density at radius 1 is 1.07 bits per heavy atom. The molecule has 1 amide bonds. The van der Waals surface area contributed by atoms with Crippen molar-refractivity contribution in [3.8, 4) is 0 Å². The molecule has 1 unspecified atom stereocenters. The molecule has 0 radical (unpaired) electrons. The molecule has 7 heteroatoms. The second-order valence-corrected chi connectivity index (χ2v) is 9.07. The summed E-state index contributed by atoms with van der Waals surface area (Å²) in [4.78, 5) is 29.1. The molecular formula is C20H26Cl2N2O3. The number of rotatable bonds is 4. The van der Waals surface area contributed by atoms with Crippen molar-refractivity contribution >= 4 is 35.1 Å². The van der Waals surface area contributed by atoms with Gasteiger partial charge in [0.1, 0.15) is 5.60 Å². The summed E-state index contributed by atoms with van der Waals surface area (Å²) in [7, 11) is 0. The van der Waals surface area contributed by atoms with Crippen LogP contribution in [0.15, 0.2) is 18.2 Å². The molecule has 1 saturated carbocycles. The standard InChI is InChI=1S/C20H26Cl2N2O3/c1-20(2,3)27-19(26)24-10-8-23(9-11-24)17(18(25)13-4-5-13)14-6-7-15(21)16(22)12-14/h6-7,12-13,17H,4-5,8-11H2,1-3H3. The topological polar surface area (TPSA) is 49.9 Å². The Hall–Kier alpha value is -1.30. The number of amides is 1. The van der Waals surface area contributed by atoms with E-state index >= 15 is 0 Å². The maximum Gasteiger partial charge on any atom is 0.410 e. The molecule has 1 heterocycles. The highest BCUT2D eigenvalue weighted by atomic mass is 35.5. The first-order valence-corrected chi connectivity index (χ1v) is 10.1. The third-order valence-corrected chi connectivity index (χ3v) is 5.58. The Morgan fingerprint density at radius 2 is 1.70 bits per heavy atom. The van der Waals surface area contributed by atoms with Crippen LogP contribution >= 0.6 is 23.2 Å². The van der Waals surface area contributed by atoms with E-state index in [1.165, 1.54) is 0 Å². The van der Waals surface area contributed by atoms with Gasteiger partial charge in [-0.2, -0.15) is 0 Å². The number of hydrogen-bond acceptors (Lipinski definition) is 4. The molecule has 5 nitrogen and oxygen atoms in total. The Morgan fingerprint density at radius 3 is 2.22 bits per heavy atom. The zero-order valence-corrected chi connectivity index (χ0v) is 17.5. The first kappa shape index (κ1) is 20.4. The predicted octanol–water partition coefficient (Wildman–Crippen LogP) is 4.57. The summed E-state index contributed by atoms with van der Waals surface area (Å²) >= 11 is 12.2. The lowest BCUT2D eigenvalue weighted by Gasteiger charge is -2.39. The minimum atomic E-state index is -0.515. The highest BCUT2D eigenvalue weighted by Crippen LogP contribution is 2.38. The molecule has 0 aromatic heterocycles. The maximum atomic E-state index is 13.0. The Labute approximate surface area is 170 Å². The molecule has 1 atom stereocenters. The highest BCUT2D eigenvalue weighted by Gasteiger charge is 2.40. The summed E-state index contributed by atoms with van der Waals surface area (Å²) in [6.45, 7) is 7.86. The van der Waals surface area contributed by atoms with Gasteiger partial charge in [0.25, 0.3) is 0 Å². The lowest BCUT2D eigenvalue weighted by Crippen LogP contribution is -2.52. The minimum Gasteiger partial charge on any atom is -0.444 e. The van der Waals surface area contributed by atoms with Gasteiger partial charge in [0.15, 0.2) is 5.78 Å². The number of piperazine rings is 1. The summed E-state index contributed by atoms with van der Waals surface area (Å²) < 4.78 is 5.45. The van der Waals surface area contributed by atoms with Gasteiger partial charge in [-0.25, -0.2) is 4.79 Å². The van der Waals surface area contributed by atoms with Crippen LogP contribution in [0.2, 0.25) is 10.0 Å². The van der Waals surface area contributed by atoms with E-state index in [0.29, 0.717) is 36.2 Å². The molecule has 148 valence electrons. The van der Waals surface area contributed by atoms with Crippen LogP contribution in [0.4, 0.5) is 4.79 Å². The Balaban J connectivity index is 1.72. The van der Waals surface area contributed by atoms with Crippen LogP contribution in [0.5, 0.6) is 0 Å². The molecule has 0 N–H and O–H groups in total. The van der Waals surface area contributed by atoms with Crippen molar-refractivity contribution < 1.29 is 14.3 Å². The fraction of sp³-hybridized carbons (Fsp3) is 0.600. The van der Waals surface area contributed by atoms with E-state index in [9.17, 15) is 9.59 Å². The fourth-order valence-electron chi connectivity index (χ4n) is 3.32. The summed E-state index contributed by atoms with van der Waals surface area (Å²) in [6, 6.07) is 5.06. The van der Waals surface area contributed by atoms with E-state index in [2.05, 4.69) is 4.90 Å². The molecule has 27 heavy (non-hydrogen) atoms. The Kier molecular flexibility index (Phi) is 6.04. The molecular weight excluding hydrogens is 387 g/mol. The largest absolute Gasteiger partial charge is 0.444 e. The van der Waals surface area contributed by atoms with Gasteiger partial charge in [0, 0.05) is 32.1 Å². The lowest BCUT2D eigenvalue weighted by molar-refractivity contribution is -0.126. The predicted molar refractivity (Wildman–Crippen MR) is 106 cm³/mol. The SMILES string of the molecule is CC(C)(C)OC(=O)N1CCN(C(C(=O)C2CC2)c2ccc(Cl)c(Cl)c2)CC1. The van der Waals surface area contributed by atoms with Gasteiger partial charge in [-0.1, -0.05) is 29.3 Å². The van der Waals surface area contributed by atoms with Crippen LogP contribution in [0.3, 0.4) is 0 Å². The molecule has 1 saturated heterocycles. The van der Waals surface area contributed by atoms with Gasteiger partial charge in [0.05, 0.1) is 16.1 Å². The second kappa shape index (κ2) is 7.98. The van der Waals surface area contributed by atoms with Gasteiger partial charge in [-0.05, 0) is 51.3 Å². The average molecular weight is 413 g/mol.